The van der Waals surface area contributed by atoms with Gasteiger partial charge in [-0.1, -0.05) is 0 Å². The lowest BCUT2D eigenvalue weighted by molar-refractivity contribution is -0.154. The van der Waals surface area contributed by atoms with Crippen LogP contribution in [0.5, 0.6) is 0 Å². The number of hydrogen-bond acceptors (Lipinski definition) is 3. The van der Waals surface area contributed by atoms with E-state index in [0.717, 1.165) is 0 Å². The van der Waals surface area contributed by atoms with E-state index in [2.05, 4.69) is 4.72 Å². The van der Waals surface area contributed by atoms with Crippen LogP contribution in [-0.2, 0) is 20.5 Å². The third-order valence-electron chi connectivity index (χ3n) is 1.05. The number of nitrogens with one attached hydrogen (secondary N) is 1. The van der Waals surface area contributed by atoms with Crippen LogP contribution in [0.15, 0.2) is 0 Å². The molecule has 0 aromatic rings. The van der Waals surface area contributed by atoms with Gasteiger partial charge in [-0.2, -0.15) is 0 Å². The molecule has 0 aromatic heterocycles. The number of hydrogen-bond donors (Lipinski definition) is 1. The minimum Gasteiger partial charge on any atom is -0.460 e. The van der Waals surface area contributed by atoms with E-state index in [4.69, 9.17) is 4.74 Å². The van der Waals surface area contributed by atoms with Crippen molar-refractivity contribution in [3.8, 4) is 0 Å². The van der Waals surface area contributed by atoms with Gasteiger partial charge in [-0.15, -0.1) is 0 Å². The van der Waals surface area contributed by atoms with E-state index in [1.807, 2.05) is 20.8 Å². The van der Waals surface area contributed by atoms with E-state index in [0.29, 0.717) is 6.54 Å². The molecule has 0 heterocycles. The molecule has 0 aliphatic carbocycles. The van der Waals surface area contributed by atoms with E-state index in [9.17, 15) is 9.00 Å². The number of carbonyl (C=O) groups excluding carboxylic acids is 1. The molecule has 0 amide bonds. The summed E-state index contributed by atoms with van der Waals surface area (Å²) in [6, 6.07) is 0. The maximum atomic E-state index is 11.1. The van der Waals surface area contributed by atoms with Gasteiger partial charge < -0.3 is 4.74 Å². The summed E-state index contributed by atoms with van der Waals surface area (Å²) < 4.78 is 18.2. The van der Waals surface area contributed by atoms with Crippen molar-refractivity contribution < 1.29 is 13.7 Å². The number of carbonyl (C=O) groups is 1. The molecule has 1 atom stereocenters. The Labute approximate surface area is 81.6 Å². The first-order valence-corrected chi connectivity index (χ1v) is 5.66. The van der Waals surface area contributed by atoms with Crippen LogP contribution in [0.25, 0.3) is 0 Å². The number of rotatable bonds is 4. The molecular weight excluding hydrogens is 190 g/mol. The summed E-state index contributed by atoms with van der Waals surface area (Å²) in [6.45, 7) is 5.83. The van der Waals surface area contributed by atoms with Crippen LogP contribution >= 0.6 is 0 Å². The summed E-state index contributed by atoms with van der Waals surface area (Å²) >= 11 is 0. The molecule has 0 bridgehead atoms. The normalized spacial score (nSPS) is 13.8. The van der Waals surface area contributed by atoms with Crippen molar-refractivity contribution in [3.63, 3.8) is 0 Å². The lowest BCUT2D eigenvalue weighted by atomic mass is 10.2. The van der Waals surface area contributed by atoms with Crippen molar-refractivity contribution >= 4 is 17.0 Å². The first-order chi connectivity index (χ1) is 5.81. The Kier molecular flexibility index (Phi) is 5.17. The Hall–Kier alpha value is -0.420. The highest BCUT2D eigenvalue weighted by atomic mass is 32.2. The maximum absolute atomic E-state index is 11.1. The summed E-state index contributed by atoms with van der Waals surface area (Å²) in [6.07, 6.45) is 1.77. The highest BCUT2D eigenvalue weighted by Crippen LogP contribution is 2.07. The lowest BCUT2D eigenvalue weighted by Gasteiger charge is -2.19. The zero-order chi connectivity index (χ0) is 10.5. The Balaban J connectivity index is 3.59. The lowest BCUT2D eigenvalue weighted by Crippen LogP contribution is -2.27. The standard InChI is InChI=1S/C8H17NO3S/c1-8(2,3)12-7(10)5-6-9-13(4)11/h9H,5-6H2,1-4H3. The Morgan fingerprint density at radius 3 is 2.38 bits per heavy atom. The molecule has 4 nitrogen and oxygen atoms in total. The van der Waals surface area contributed by atoms with Gasteiger partial charge in [0.2, 0.25) is 0 Å². The molecule has 0 saturated carbocycles. The van der Waals surface area contributed by atoms with Crippen LogP contribution in [0, 0.1) is 0 Å². The van der Waals surface area contributed by atoms with Crippen LogP contribution in [0.4, 0.5) is 0 Å². The van der Waals surface area contributed by atoms with Crippen molar-refractivity contribution in [3.05, 3.63) is 0 Å². The molecule has 0 rings (SSSR count). The highest BCUT2D eigenvalue weighted by molar-refractivity contribution is 7.82. The molecule has 0 fully saturated rings. The van der Waals surface area contributed by atoms with Crippen molar-refractivity contribution in [2.45, 2.75) is 32.8 Å². The second kappa shape index (κ2) is 5.34. The monoisotopic (exact) mass is 207 g/mol. The van der Waals surface area contributed by atoms with Gasteiger partial charge in [0.05, 0.1) is 17.4 Å². The van der Waals surface area contributed by atoms with Crippen LogP contribution in [0.1, 0.15) is 27.2 Å². The van der Waals surface area contributed by atoms with Crippen LogP contribution in [0.2, 0.25) is 0 Å². The largest absolute Gasteiger partial charge is 0.460 e. The predicted octanol–water partition coefficient (Wildman–Crippen LogP) is 0.601. The second-order valence-corrected chi connectivity index (χ2v) is 4.88. The van der Waals surface area contributed by atoms with Crippen molar-refractivity contribution in [2.75, 3.05) is 12.8 Å². The third kappa shape index (κ3) is 9.49. The van der Waals surface area contributed by atoms with Gasteiger partial charge in [-0.05, 0) is 20.8 Å². The molecular formula is C8H17NO3S. The molecule has 13 heavy (non-hydrogen) atoms. The summed E-state index contributed by atoms with van der Waals surface area (Å²) in [4.78, 5) is 11.1. The molecule has 0 aliphatic heterocycles. The van der Waals surface area contributed by atoms with E-state index < -0.39 is 16.6 Å². The maximum Gasteiger partial charge on any atom is 0.307 e. The van der Waals surface area contributed by atoms with Gasteiger partial charge in [0.25, 0.3) is 0 Å². The van der Waals surface area contributed by atoms with Crippen molar-refractivity contribution in [1.29, 1.82) is 0 Å². The Morgan fingerprint density at radius 1 is 1.46 bits per heavy atom. The van der Waals surface area contributed by atoms with Crippen LogP contribution in [0.3, 0.4) is 0 Å². The van der Waals surface area contributed by atoms with Gasteiger partial charge in [-0.25, -0.2) is 8.93 Å². The minimum absolute atomic E-state index is 0.247. The zero-order valence-electron chi connectivity index (χ0n) is 8.55. The molecule has 1 unspecified atom stereocenters. The average molecular weight is 207 g/mol. The summed E-state index contributed by atoms with van der Waals surface area (Å²) in [5.74, 6) is -0.273. The smallest absolute Gasteiger partial charge is 0.307 e. The van der Waals surface area contributed by atoms with Crippen LogP contribution in [-0.4, -0.2) is 28.6 Å². The summed E-state index contributed by atoms with van der Waals surface area (Å²) in [5, 5.41) is 0. The van der Waals surface area contributed by atoms with Gasteiger partial charge in [-0.3, -0.25) is 4.79 Å². The fraction of sp³-hybridized carbons (Fsp3) is 0.875. The van der Waals surface area contributed by atoms with Crippen molar-refractivity contribution in [1.82, 2.24) is 4.72 Å². The third-order valence-corrected chi connectivity index (χ3v) is 1.67. The Morgan fingerprint density at radius 2 is 2.00 bits per heavy atom. The topological polar surface area (TPSA) is 55.4 Å². The minimum atomic E-state index is -1.06. The number of esters is 1. The molecule has 0 aromatic carbocycles. The van der Waals surface area contributed by atoms with Gasteiger partial charge in [0.1, 0.15) is 5.60 Å². The fourth-order valence-corrected chi connectivity index (χ4v) is 1.08. The van der Waals surface area contributed by atoms with Gasteiger partial charge in [0, 0.05) is 12.8 Å². The average Bonchev–Trinajstić information content (AvgIpc) is 1.81. The zero-order valence-corrected chi connectivity index (χ0v) is 9.36. The summed E-state index contributed by atoms with van der Waals surface area (Å²) in [5.41, 5.74) is -0.442. The number of ether oxygens (including phenoxy) is 1. The first-order valence-electron chi connectivity index (χ1n) is 4.10. The van der Waals surface area contributed by atoms with Gasteiger partial charge in [0.15, 0.2) is 0 Å². The van der Waals surface area contributed by atoms with Gasteiger partial charge >= 0.3 is 5.97 Å². The molecule has 5 heteroatoms. The molecule has 0 radical (unpaired) electrons. The van der Waals surface area contributed by atoms with E-state index in [1.165, 1.54) is 6.26 Å². The molecule has 1 N–H and O–H groups in total. The van der Waals surface area contributed by atoms with E-state index in [-0.39, 0.29) is 12.4 Å². The highest BCUT2D eigenvalue weighted by Gasteiger charge is 2.15. The van der Waals surface area contributed by atoms with Crippen molar-refractivity contribution in [2.24, 2.45) is 0 Å². The molecule has 0 saturated heterocycles. The van der Waals surface area contributed by atoms with Crippen LogP contribution < -0.4 is 4.72 Å². The SMILES string of the molecule is CS(=O)NCCC(=O)OC(C)(C)C. The Bertz CT molecular complexity index is 198. The molecule has 0 spiro atoms. The van der Waals surface area contributed by atoms with E-state index >= 15 is 0 Å². The second-order valence-electron chi connectivity index (χ2n) is 3.68. The molecule has 0 aliphatic rings. The first kappa shape index (κ1) is 12.6. The fourth-order valence-electron chi connectivity index (χ4n) is 0.689. The predicted molar refractivity (Wildman–Crippen MR) is 52.5 cm³/mol. The summed E-state index contributed by atoms with van der Waals surface area (Å²) in [7, 11) is -1.06. The van der Waals surface area contributed by atoms with E-state index in [1.54, 1.807) is 0 Å². The quantitative estimate of drug-likeness (QED) is 0.687. The molecule has 78 valence electrons.